The topological polar surface area (TPSA) is 86.9 Å². The summed E-state index contributed by atoms with van der Waals surface area (Å²) in [5.74, 6) is 1.22. The zero-order chi connectivity index (χ0) is 23.5. The molecule has 172 valence electrons. The van der Waals surface area contributed by atoms with Gasteiger partial charge in [-0.05, 0) is 37.6 Å². The summed E-state index contributed by atoms with van der Waals surface area (Å²) in [4.78, 5) is 23.2. The second-order valence-corrected chi connectivity index (χ2v) is 7.89. The Morgan fingerprint density at radius 1 is 1.29 bits per heavy atom. The number of nitrogens with zero attached hydrogens (tertiary/aromatic N) is 3. The first kappa shape index (κ1) is 26.0. The molecule has 0 unspecified atom stereocenters. The van der Waals surface area contributed by atoms with E-state index >= 15 is 0 Å². The fraction of sp³-hybridized carbons (Fsp3) is 0.280. The number of nitrogens with one attached hydrogen (secondary N) is 1. The molecule has 0 bridgehead atoms. The maximum absolute atomic E-state index is 12.1. The Morgan fingerprint density at radius 3 is 2.71 bits per heavy atom. The number of carbonyl (C=O) groups excluding carboxylic acids is 2. The minimum absolute atomic E-state index is 0. The van der Waals surface area contributed by atoms with E-state index in [4.69, 9.17) is 9.47 Å². The number of ether oxygens (including phenoxy) is 2. The third-order valence-electron chi connectivity index (χ3n) is 5.63. The minimum Gasteiger partial charge on any atom is -0.456 e. The van der Waals surface area contributed by atoms with Crippen LogP contribution in [0, 0.1) is 20.8 Å². The van der Waals surface area contributed by atoms with Gasteiger partial charge in [-0.3, -0.25) is 4.57 Å². The number of fused-ring (bicyclic) bond motifs is 2. The number of aryl methyl sites for hydroxylation is 2. The summed E-state index contributed by atoms with van der Waals surface area (Å²) in [7, 11) is 1.60. The van der Waals surface area contributed by atoms with E-state index < -0.39 is 0 Å². The molecule has 4 heterocycles. The number of rotatable bonds is 3. The van der Waals surface area contributed by atoms with Crippen LogP contribution in [0.1, 0.15) is 29.7 Å². The summed E-state index contributed by atoms with van der Waals surface area (Å²) in [6.07, 6.45) is 7.81. The first-order chi connectivity index (χ1) is 15.9. The molecule has 0 aliphatic carbocycles. The Bertz CT molecular complexity index is 1320. The summed E-state index contributed by atoms with van der Waals surface area (Å²) >= 11 is 0. The van der Waals surface area contributed by atoms with Crippen LogP contribution < -0.4 is 39.6 Å². The summed E-state index contributed by atoms with van der Waals surface area (Å²) in [6, 6.07) is 9.03. The van der Waals surface area contributed by atoms with Crippen LogP contribution in [0.3, 0.4) is 0 Å². The third kappa shape index (κ3) is 5.20. The van der Waals surface area contributed by atoms with Crippen molar-refractivity contribution in [2.45, 2.75) is 32.8 Å². The fourth-order valence-corrected chi connectivity index (χ4v) is 3.96. The number of benzene rings is 1. The average molecular weight is 469 g/mol. The van der Waals surface area contributed by atoms with Crippen LogP contribution in [0.5, 0.6) is 11.5 Å². The van der Waals surface area contributed by atoms with Crippen molar-refractivity contribution in [3.05, 3.63) is 66.5 Å². The van der Waals surface area contributed by atoms with E-state index in [2.05, 4.69) is 17.3 Å². The monoisotopic (exact) mass is 469 g/mol. The van der Waals surface area contributed by atoms with E-state index in [0.29, 0.717) is 23.2 Å². The van der Waals surface area contributed by atoms with Crippen LogP contribution in [-0.4, -0.2) is 46.3 Å². The van der Waals surface area contributed by atoms with Crippen molar-refractivity contribution in [3.63, 3.8) is 0 Å². The first-order valence-electron chi connectivity index (χ1n) is 10.7. The maximum atomic E-state index is 12.1. The van der Waals surface area contributed by atoms with Gasteiger partial charge in [-0.2, -0.15) is 5.10 Å². The van der Waals surface area contributed by atoms with E-state index in [-0.39, 0.29) is 35.6 Å². The van der Waals surface area contributed by atoms with Crippen LogP contribution in [0.4, 0.5) is 4.79 Å². The minimum atomic E-state index is -0.187. The second kappa shape index (κ2) is 11.2. The van der Waals surface area contributed by atoms with Crippen molar-refractivity contribution in [1.29, 1.82) is 0 Å². The fourth-order valence-electron chi connectivity index (χ4n) is 3.96. The van der Waals surface area contributed by atoms with Crippen molar-refractivity contribution in [2.24, 2.45) is 0 Å². The van der Waals surface area contributed by atoms with Gasteiger partial charge < -0.3 is 31.0 Å². The largest absolute Gasteiger partial charge is 1.00 e. The van der Waals surface area contributed by atoms with Gasteiger partial charge in [0.1, 0.15) is 11.5 Å². The number of amides is 1. The van der Waals surface area contributed by atoms with Gasteiger partial charge in [0, 0.05) is 36.3 Å². The molecule has 3 aromatic heterocycles. The van der Waals surface area contributed by atoms with Crippen molar-refractivity contribution in [3.8, 4) is 11.5 Å². The molecular weight excluding hydrogens is 443 g/mol. The summed E-state index contributed by atoms with van der Waals surface area (Å²) < 4.78 is 14.3. The molecule has 1 aliphatic heterocycles. The van der Waals surface area contributed by atoms with E-state index in [0.717, 1.165) is 40.7 Å². The first-order valence-corrected chi connectivity index (χ1v) is 10.7. The van der Waals surface area contributed by atoms with Crippen LogP contribution in [0.2, 0.25) is 0 Å². The summed E-state index contributed by atoms with van der Waals surface area (Å²) in [5.41, 5.74) is 3.57. The van der Waals surface area contributed by atoms with Crippen LogP contribution in [0.15, 0.2) is 42.7 Å². The molecular formula is C25H26N4NaO4-. The molecule has 5 rings (SSSR count). The predicted octanol–water partition coefficient (Wildman–Crippen LogP) is 1.35. The van der Waals surface area contributed by atoms with E-state index in [9.17, 15) is 9.59 Å². The Kier molecular flexibility index (Phi) is 8.54. The molecule has 9 heteroatoms. The van der Waals surface area contributed by atoms with Gasteiger partial charge in [0.2, 0.25) is 0 Å². The van der Waals surface area contributed by atoms with E-state index in [1.165, 1.54) is 6.42 Å². The van der Waals surface area contributed by atoms with Gasteiger partial charge in [0.25, 0.3) is 0 Å². The molecule has 0 spiro atoms. The molecule has 1 fully saturated rings. The van der Waals surface area contributed by atoms with Gasteiger partial charge in [-0.1, -0.05) is 25.6 Å². The Labute approximate surface area is 220 Å². The Balaban J connectivity index is 0.000000405. The second-order valence-electron chi connectivity index (χ2n) is 7.89. The van der Waals surface area contributed by atoms with Gasteiger partial charge in [-0.15, -0.1) is 11.1 Å². The molecule has 1 saturated heterocycles. The smallest absolute Gasteiger partial charge is 0.456 e. The molecule has 4 aromatic rings. The van der Waals surface area contributed by atoms with E-state index in [1.54, 1.807) is 34.6 Å². The van der Waals surface area contributed by atoms with Crippen LogP contribution in [-0.2, 0) is 9.53 Å². The zero-order valence-electron chi connectivity index (χ0n) is 19.9. The van der Waals surface area contributed by atoms with Crippen LogP contribution >= 0.6 is 0 Å². The van der Waals surface area contributed by atoms with Gasteiger partial charge in [0.05, 0.1) is 18.0 Å². The van der Waals surface area contributed by atoms with Crippen molar-refractivity contribution in [2.75, 3.05) is 13.7 Å². The third-order valence-corrected chi connectivity index (χ3v) is 5.63. The SMILES string of the molecule is CNC(=O)n1c(C)cc2cc(Oc3ccnn4cc([C-]=O)c(C)c34)ccc21.[CH2-][C@@H]1CCCO1.[Na+]. The Hall–Kier alpha value is -2.65. The van der Waals surface area contributed by atoms with Gasteiger partial charge in [-0.25, -0.2) is 4.79 Å². The molecule has 34 heavy (non-hydrogen) atoms. The quantitative estimate of drug-likeness (QED) is 0.362. The number of aromatic nitrogens is 3. The zero-order valence-corrected chi connectivity index (χ0v) is 21.9. The number of carbonyl (C=O) groups is 1. The molecule has 8 nitrogen and oxygen atoms in total. The Morgan fingerprint density at radius 2 is 2.09 bits per heavy atom. The maximum Gasteiger partial charge on any atom is 1.00 e. The summed E-state index contributed by atoms with van der Waals surface area (Å²) in [5, 5.41) is 7.75. The summed E-state index contributed by atoms with van der Waals surface area (Å²) in [6.45, 7) is 8.35. The molecule has 1 aromatic carbocycles. The number of hydrogen-bond donors (Lipinski definition) is 1. The van der Waals surface area contributed by atoms with Crippen molar-refractivity contribution >= 4 is 28.7 Å². The average Bonchev–Trinajstić information content (AvgIpc) is 3.50. The van der Waals surface area contributed by atoms with E-state index in [1.807, 2.05) is 44.4 Å². The van der Waals surface area contributed by atoms with Crippen LogP contribution in [0.25, 0.3) is 16.4 Å². The standard InChI is InChI=1S/C20H17N4O3.C5H9O.Na/c1-12-8-14-9-16(4-5-17(14)24(12)20(26)21-3)27-18-6-7-22-23-10-15(11-25)13(2)19(18)23;1-5-3-2-4-6-5;/h4-10H,1-3H3,(H,21,26);5H,1-4H2;/q2*-1;+1/t;5-;/m.1./s1. The predicted molar refractivity (Wildman–Crippen MR) is 126 cm³/mol. The molecule has 1 atom stereocenters. The van der Waals surface area contributed by atoms with Crippen molar-refractivity contribution in [1.82, 2.24) is 19.5 Å². The molecule has 1 N–H and O–H groups in total. The number of hydrogen-bond acceptors (Lipinski definition) is 5. The normalized spacial score (nSPS) is 14.9. The molecule has 1 amide bonds. The van der Waals surface area contributed by atoms with Gasteiger partial charge in [0.15, 0.2) is 0 Å². The molecule has 1 aliphatic rings. The molecule has 0 radical (unpaired) electrons. The van der Waals surface area contributed by atoms with Crippen molar-refractivity contribution < 1.29 is 48.6 Å². The molecule has 0 saturated carbocycles. The van der Waals surface area contributed by atoms with Gasteiger partial charge >= 0.3 is 35.6 Å².